The van der Waals surface area contributed by atoms with Gasteiger partial charge in [-0.2, -0.15) is 0 Å². The van der Waals surface area contributed by atoms with Crippen molar-refractivity contribution < 1.29 is 5.11 Å². The molecule has 13 heavy (non-hydrogen) atoms. The van der Waals surface area contributed by atoms with Crippen molar-refractivity contribution in [3.8, 4) is 0 Å². The molecule has 0 aliphatic heterocycles. The van der Waals surface area contributed by atoms with Gasteiger partial charge >= 0.3 is 0 Å². The highest BCUT2D eigenvalue weighted by atomic mass is 35.5. The maximum atomic E-state index is 10.0. The molecule has 0 saturated heterocycles. The predicted octanol–water partition coefficient (Wildman–Crippen LogP) is 2.80. The van der Waals surface area contributed by atoms with Gasteiger partial charge in [-0.15, -0.1) is 0 Å². The Morgan fingerprint density at radius 3 is 2.85 bits per heavy atom. The fourth-order valence-corrected chi connectivity index (χ4v) is 2.36. The summed E-state index contributed by atoms with van der Waals surface area (Å²) in [4.78, 5) is 0. The number of halogens is 1. The van der Waals surface area contributed by atoms with Crippen LogP contribution in [0, 0.1) is 6.92 Å². The van der Waals surface area contributed by atoms with E-state index in [4.69, 9.17) is 11.6 Å². The van der Waals surface area contributed by atoms with E-state index >= 15 is 0 Å². The van der Waals surface area contributed by atoms with Crippen molar-refractivity contribution in [1.82, 2.24) is 0 Å². The summed E-state index contributed by atoms with van der Waals surface area (Å²) < 4.78 is 0. The zero-order chi connectivity index (χ0) is 9.64. The highest BCUT2D eigenvalue weighted by Crippen LogP contribution is 2.39. The van der Waals surface area contributed by atoms with Crippen LogP contribution in [0.5, 0.6) is 0 Å². The Morgan fingerprint density at radius 2 is 2.15 bits per heavy atom. The van der Waals surface area contributed by atoms with Gasteiger partial charge in [-0.25, -0.2) is 0 Å². The van der Waals surface area contributed by atoms with Gasteiger partial charge in [-0.3, -0.25) is 0 Å². The SMILES string of the molecule is Cc1cc(Cl)cc2c1CCC2(C)O. The van der Waals surface area contributed by atoms with Crippen LogP contribution >= 0.6 is 11.6 Å². The van der Waals surface area contributed by atoms with Gasteiger partial charge in [0.1, 0.15) is 0 Å². The number of aliphatic hydroxyl groups is 1. The van der Waals surface area contributed by atoms with Gasteiger partial charge in [-0.1, -0.05) is 11.6 Å². The first-order valence-corrected chi connectivity index (χ1v) is 4.90. The molecule has 0 spiro atoms. The lowest BCUT2D eigenvalue weighted by Crippen LogP contribution is -2.16. The molecule has 0 fully saturated rings. The van der Waals surface area contributed by atoms with E-state index in [2.05, 4.69) is 0 Å². The molecule has 1 aliphatic carbocycles. The first kappa shape index (κ1) is 9.04. The first-order chi connectivity index (χ1) is 6.00. The molecule has 1 aliphatic rings. The number of rotatable bonds is 0. The van der Waals surface area contributed by atoms with Crippen molar-refractivity contribution in [3.63, 3.8) is 0 Å². The second-order valence-electron chi connectivity index (χ2n) is 4.02. The summed E-state index contributed by atoms with van der Waals surface area (Å²) in [7, 11) is 0. The first-order valence-electron chi connectivity index (χ1n) is 4.52. The third-order valence-electron chi connectivity index (χ3n) is 2.88. The highest BCUT2D eigenvalue weighted by molar-refractivity contribution is 6.30. The molecule has 1 N–H and O–H groups in total. The molecule has 0 aromatic heterocycles. The van der Waals surface area contributed by atoms with Gasteiger partial charge in [0, 0.05) is 5.02 Å². The van der Waals surface area contributed by atoms with E-state index in [1.54, 1.807) is 0 Å². The average molecular weight is 197 g/mol. The fourth-order valence-electron chi connectivity index (χ4n) is 2.09. The van der Waals surface area contributed by atoms with Crippen LogP contribution in [0.4, 0.5) is 0 Å². The second-order valence-corrected chi connectivity index (χ2v) is 4.46. The Labute approximate surface area is 83.3 Å². The monoisotopic (exact) mass is 196 g/mol. The quantitative estimate of drug-likeness (QED) is 0.677. The molecule has 2 rings (SSSR count). The number of aryl methyl sites for hydroxylation is 1. The van der Waals surface area contributed by atoms with E-state index in [1.165, 1.54) is 11.1 Å². The Kier molecular flexibility index (Phi) is 1.90. The Hall–Kier alpha value is -0.530. The van der Waals surface area contributed by atoms with Crippen LogP contribution in [-0.4, -0.2) is 5.11 Å². The second kappa shape index (κ2) is 2.73. The normalized spacial score (nSPS) is 26.2. The molecule has 1 aromatic rings. The lowest BCUT2D eigenvalue weighted by atomic mass is 9.97. The molecule has 1 nitrogen and oxygen atoms in total. The third-order valence-corrected chi connectivity index (χ3v) is 3.10. The van der Waals surface area contributed by atoms with E-state index < -0.39 is 5.60 Å². The van der Waals surface area contributed by atoms with Crippen molar-refractivity contribution in [1.29, 1.82) is 0 Å². The van der Waals surface area contributed by atoms with Gasteiger partial charge in [0.15, 0.2) is 0 Å². The van der Waals surface area contributed by atoms with Crippen molar-refractivity contribution in [3.05, 3.63) is 33.8 Å². The smallest absolute Gasteiger partial charge is 0.0875 e. The Morgan fingerprint density at radius 1 is 1.46 bits per heavy atom. The number of hydrogen-bond donors (Lipinski definition) is 1. The molecule has 0 radical (unpaired) electrons. The molecule has 1 atom stereocenters. The zero-order valence-electron chi connectivity index (χ0n) is 7.89. The molecule has 0 heterocycles. The number of hydrogen-bond acceptors (Lipinski definition) is 1. The van der Waals surface area contributed by atoms with Crippen LogP contribution in [-0.2, 0) is 12.0 Å². The summed E-state index contributed by atoms with van der Waals surface area (Å²) in [5.41, 5.74) is 2.80. The number of benzene rings is 1. The standard InChI is InChI=1S/C11H13ClO/c1-7-5-8(12)6-10-9(7)3-4-11(10,2)13/h5-6,13H,3-4H2,1-2H3. The van der Waals surface area contributed by atoms with E-state index in [0.717, 1.165) is 23.4 Å². The van der Waals surface area contributed by atoms with Gasteiger partial charge in [-0.05, 0) is 55.5 Å². The highest BCUT2D eigenvalue weighted by Gasteiger charge is 2.32. The summed E-state index contributed by atoms with van der Waals surface area (Å²) in [5.74, 6) is 0. The van der Waals surface area contributed by atoms with Gasteiger partial charge in [0.2, 0.25) is 0 Å². The van der Waals surface area contributed by atoms with Crippen LogP contribution in [0.1, 0.15) is 30.0 Å². The average Bonchev–Trinajstić information content (AvgIpc) is 2.28. The van der Waals surface area contributed by atoms with Crippen molar-refractivity contribution in [2.24, 2.45) is 0 Å². The maximum Gasteiger partial charge on any atom is 0.0875 e. The largest absolute Gasteiger partial charge is 0.385 e. The molecule has 0 saturated carbocycles. The topological polar surface area (TPSA) is 20.2 Å². The minimum absolute atomic E-state index is 0.676. The van der Waals surface area contributed by atoms with Crippen molar-refractivity contribution in [2.45, 2.75) is 32.3 Å². The minimum Gasteiger partial charge on any atom is -0.385 e. The lowest BCUT2D eigenvalue weighted by molar-refractivity contribution is 0.0595. The molecular formula is C11H13ClO. The molecule has 0 bridgehead atoms. The summed E-state index contributed by atoms with van der Waals surface area (Å²) in [6, 6.07) is 3.85. The summed E-state index contributed by atoms with van der Waals surface area (Å²) in [6.45, 7) is 3.90. The van der Waals surface area contributed by atoms with E-state index in [9.17, 15) is 5.11 Å². The summed E-state index contributed by atoms with van der Waals surface area (Å²) >= 11 is 5.94. The molecule has 70 valence electrons. The van der Waals surface area contributed by atoms with E-state index in [1.807, 2.05) is 26.0 Å². The maximum absolute atomic E-state index is 10.0. The summed E-state index contributed by atoms with van der Waals surface area (Å²) in [6.07, 6.45) is 1.77. The molecule has 1 aromatic carbocycles. The zero-order valence-corrected chi connectivity index (χ0v) is 8.65. The fraction of sp³-hybridized carbons (Fsp3) is 0.455. The predicted molar refractivity (Wildman–Crippen MR) is 54.1 cm³/mol. The van der Waals surface area contributed by atoms with Crippen LogP contribution in [0.2, 0.25) is 5.02 Å². The van der Waals surface area contributed by atoms with Crippen molar-refractivity contribution >= 4 is 11.6 Å². The van der Waals surface area contributed by atoms with Crippen molar-refractivity contribution in [2.75, 3.05) is 0 Å². The summed E-state index contributed by atoms with van der Waals surface area (Å²) in [5, 5.41) is 10.8. The molecule has 2 heteroatoms. The minimum atomic E-state index is -0.676. The Bertz CT molecular complexity index is 355. The van der Waals surface area contributed by atoms with Crippen LogP contribution in [0.15, 0.2) is 12.1 Å². The van der Waals surface area contributed by atoms with E-state index in [0.29, 0.717) is 0 Å². The molecule has 1 unspecified atom stereocenters. The molecule has 0 amide bonds. The van der Waals surface area contributed by atoms with Gasteiger partial charge in [0.25, 0.3) is 0 Å². The number of fused-ring (bicyclic) bond motifs is 1. The van der Waals surface area contributed by atoms with Gasteiger partial charge < -0.3 is 5.11 Å². The van der Waals surface area contributed by atoms with Gasteiger partial charge in [0.05, 0.1) is 5.60 Å². The van der Waals surface area contributed by atoms with Crippen LogP contribution in [0.25, 0.3) is 0 Å². The Balaban J connectivity index is 2.65. The van der Waals surface area contributed by atoms with Crippen LogP contribution < -0.4 is 0 Å². The molecular weight excluding hydrogens is 184 g/mol. The third kappa shape index (κ3) is 1.36. The van der Waals surface area contributed by atoms with E-state index in [-0.39, 0.29) is 0 Å². The lowest BCUT2D eigenvalue weighted by Gasteiger charge is -2.18. The van der Waals surface area contributed by atoms with Crippen LogP contribution in [0.3, 0.4) is 0 Å².